The van der Waals surface area contributed by atoms with Crippen molar-refractivity contribution >= 4 is 17.6 Å². The van der Waals surface area contributed by atoms with E-state index in [4.69, 9.17) is 10.8 Å². The fourth-order valence-corrected chi connectivity index (χ4v) is 2.25. The molecule has 0 bridgehead atoms. The second kappa shape index (κ2) is 6.34. The molecule has 0 heterocycles. The van der Waals surface area contributed by atoms with Crippen molar-refractivity contribution in [2.45, 2.75) is 25.3 Å². The molecule has 0 saturated heterocycles. The predicted octanol–water partition coefficient (Wildman–Crippen LogP) is 1.55. The molecule has 0 fully saturated rings. The summed E-state index contributed by atoms with van der Waals surface area (Å²) >= 11 is 0. The van der Waals surface area contributed by atoms with Gasteiger partial charge in [0.1, 0.15) is 0 Å². The Kier molecular flexibility index (Phi) is 4.53. The van der Waals surface area contributed by atoms with E-state index in [1.54, 1.807) is 6.07 Å². The molecule has 0 aliphatic heterocycles. The highest BCUT2D eigenvalue weighted by Crippen LogP contribution is 2.21. The van der Waals surface area contributed by atoms with Gasteiger partial charge in [-0.2, -0.15) is 0 Å². The largest absolute Gasteiger partial charge is 0.481 e. The van der Waals surface area contributed by atoms with Gasteiger partial charge < -0.3 is 16.2 Å². The molecular formula is C15H18N2O3. The average Bonchev–Trinajstić information content (AvgIpc) is 2.84. The van der Waals surface area contributed by atoms with Crippen LogP contribution >= 0.6 is 0 Å². The van der Waals surface area contributed by atoms with Crippen molar-refractivity contribution in [1.82, 2.24) is 0 Å². The standard InChI is InChI=1S/C15H18N2O3/c16-12-7-5-11(9-12)15(20)17-13-4-2-1-3-10(13)6-8-14(18)19/h1-5,7,11-12H,6,8-9,16H2,(H,17,20)(H,18,19). The normalized spacial score (nSPS) is 20.9. The van der Waals surface area contributed by atoms with Crippen LogP contribution in [-0.2, 0) is 16.0 Å². The Hall–Kier alpha value is -2.14. The van der Waals surface area contributed by atoms with Crippen LogP contribution in [0.25, 0.3) is 0 Å². The highest BCUT2D eigenvalue weighted by Gasteiger charge is 2.23. The minimum Gasteiger partial charge on any atom is -0.481 e. The van der Waals surface area contributed by atoms with E-state index >= 15 is 0 Å². The average molecular weight is 274 g/mol. The van der Waals surface area contributed by atoms with Gasteiger partial charge in [0.15, 0.2) is 0 Å². The number of carboxylic acid groups (broad SMARTS) is 1. The third-order valence-corrected chi connectivity index (χ3v) is 3.34. The molecule has 0 spiro atoms. The summed E-state index contributed by atoms with van der Waals surface area (Å²) in [4.78, 5) is 22.8. The van der Waals surface area contributed by atoms with Crippen molar-refractivity contribution in [3.8, 4) is 0 Å². The summed E-state index contributed by atoms with van der Waals surface area (Å²) in [5.41, 5.74) is 7.24. The molecule has 1 aliphatic rings. The van der Waals surface area contributed by atoms with E-state index in [9.17, 15) is 9.59 Å². The molecule has 1 aliphatic carbocycles. The van der Waals surface area contributed by atoms with E-state index in [1.807, 2.05) is 30.4 Å². The fourth-order valence-electron chi connectivity index (χ4n) is 2.25. The van der Waals surface area contributed by atoms with E-state index in [2.05, 4.69) is 5.32 Å². The molecule has 5 nitrogen and oxygen atoms in total. The van der Waals surface area contributed by atoms with Crippen molar-refractivity contribution < 1.29 is 14.7 Å². The van der Waals surface area contributed by atoms with Gasteiger partial charge in [0, 0.05) is 18.2 Å². The summed E-state index contributed by atoms with van der Waals surface area (Å²) in [6, 6.07) is 7.20. The zero-order chi connectivity index (χ0) is 14.5. The molecule has 4 N–H and O–H groups in total. The number of rotatable bonds is 5. The molecule has 1 amide bonds. The van der Waals surface area contributed by atoms with Crippen LogP contribution < -0.4 is 11.1 Å². The van der Waals surface area contributed by atoms with Crippen LogP contribution in [0.15, 0.2) is 36.4 Å². The Morgan fingerprint density at radius 3 is 2.70 bits per heavy atom. The molecule has 106 valence electrons. The van der Waals surface area contributed by atoms with Crippen LogP contribution in [0.2, 0.25) is 0 Å². The SMILES string of the molecule is NC1C=CC(C(=O)Nc2ccccc2CCC(=O)O)C1. The summed E-state index contributed by atoms with van der Waals surface area (Å²) in [6.07, 6.45) is 4.70. The molecule has 1 aromatic carbocycles. The first-order valence-electron chi connectivity index (χ1n) is 6.60. The number of carbonyl (C=O) groups excluding carboxylic acids is 1. The Labute approximate surface area is 117 Å². The first kappa shape index (κ1) is 14.3. The van der Waals surface area contributed by atoms with Crippen LogP contribution in [0.4, 0.5) is 5.69 Å². The number of anilines is 1. The lowest BCUT2D eigenvalue weighted by molar-refractivity contribution is -0.137. The molecule has 0 aromatic heterocycles. The van der Waals surface area contributed by atoms with Crippen LogP contribution in [0.5, 0.6) is 0 Å². The molecule has 5 heteroatoms. The summed E-state index contributed by atoms with van der Waals surface area (Å²) in [6.45, 7) is 0. The highest BCUT2D eigenvalue weighted by atomic mass is 16.4. The monoisotopic (exact) mass is 274 g/mol. The van der Waals surface area contributed by atoms with E-state index in [0.29, 0.717) is 18.5 Å². The zero-order valence-electron chi connectivity index (χ0n) is 11.1. The Morgan fingerprint density at radius 2 is 2.05 bits per heavy atom. The number of aryl methyl sites for hydroxylation is 1. The summed E-state index contributed by atoms with van der Waals surface area (Å²) in [5.74, 6) is -1.16. The number of carbonyl (C=O) groups is 2. The number of para-hydroxylation sites is 1. The highest BCUT2D eigenvalue weighted by molar-refractivity contribution is 5.94. The lowest BCUT2D eigenvalue weighted by atomic mass is 10.0. The van der Waals surface area contributed by atoms with Gasteiger partial charge in [-0.25, -0.2) is 0 Å². The maximum atomic E-state index is 12.1. The molecule has 0 radical (unpaired) electrons. The maximum absolute atomic E-state index is 12.1. The third kappa shape index (κ3) is 3.68. The smallest absolute Gasteiger partial charge is 0.303 e. The van der Waals surface area contributed by atoms with Gasteiger partial charge >= 0.3 is 5.97 Å². The second-order valence-electron chi connectivity index (χ2n) is 4.93. The first-order valence-corrected chi connectivity index (χ1v) is 6.60. The maximum Gasteiger partial charge on any atom is 0.303 e. The van der Waals surface area contributed by atoms with Crippen LogP contribution in [-0.4, -0.2) is 23.0 Å². The van der Waals surface area contributed by atoms with E-state index in [1.165, 1.54) is 0 Å². The van der Waals surface area contributed by atoms with Gasteiger partial charge in [-0.3, -0.25) is 9.59 Å². The van der Waals surface area contributed by atoms with Crippen LogP contribution in [0.3, 0.4) is 0 Å². The molecule has 2 unspecified atom stereocenters. The number of hydrogen-bond donors (Lipinski definition) is 3. The van der Waals surface area contributed by atoms with Crippen molar-refractivity contribution in [2.24, 2.45) is 11.7 Å². The molecule has 2 rings (SSSR count). The molecular weight excluding hydrogens is 256 g/mol. The van der Waals surface area contributed by atoms with Crippen molar-refractivity contribution in [3.63, 3.8) is 0 Å². The second-order valence-corrected chi connectivity index (χ2v) is 4.93. The number of benzene rings is 1. The lowest BCUT2D eigenvalue weighted by Crippen LogP contribution is -2.24. The zero-order valence-corrected chi connectivity index (χ0v) is 11.1. The van der Waals surface area contributed by atoms with Crippen molar-refractivity contribution in [2.75, 3.05) is 5.32 Å². The minimum absolute atomic E-state index is 0.0427. The van der Waals surface area contributed by atoms with Gasteiger partial charge in [0.05, 0.1) is 5.92 Å². The summed E-state index contributed by atoms with van der Waals surface area (Å²) < 4.78 is 0. The predicted molar refractivity (Wildman–Crippen MR) is 76.3 cm³/mol. The van der Waals surface area contributed by atoms with E-state index in [-0.39, 0.29) is 24.3 Å². The van der Waals surface area contributed by atoms with Gasteiger partial charge in [-0.15, -0.1) is 0 Å². The van der Waals surface area contributed by atoms with E-state index in [0.717, 1.165) is 5.56 Å². The first-order chi connectivity index (χ1) is 9.56. The van der Waals surface area contributed by atoms with Crippen LogP contribution in [0, 0.1) is 5.92 Å². The third-order valence-electron chi connectivity index (χ3n) is 3.34. The summed E-state index contributed by atoms with van der Waals surface area (Å²) in [7, 11) is 0. The molecule has 20 heavy (non-hydrogen) atoms. The van der Waals surface area contributed by atoms with Gasteiger partial charge in [-0.05, 0) is 24.5 Å². The molecule has 1 aromatic rings. The quantitative estimate of drug-likeness (QED) is 0.710. The number of carboxylic acids is 1. The number of nitrogens with two attached hydrogens (primary N) is 1. The number of hydrogen-bond acceptors (Lipinski definition) is 3. The van der Waals surface area contributed by atoms with E-state index < -0.39 is 5.97 Å². The Bertz CT molecular complexity index is 540. The minimum atomic E-state index is -0.851. The number of aliphatic carboxylic acids is 1. The fraction of sp³-hybridized carbons (Fsp3) is 0.333. The molecule has 0 saturated carbocycles. The summed E-state index contributed by atoms with van der Waals surface area (Å²) in [5, 5.41) is 11.6. The van der Waals surface area contributed by atoms with Crippen molar-refractivity contribution in [1.29, 1.82) is 0 Å². The topological polar surface area (TPSA) is 92.4 Å². The Balaban J connectivity index is 2.03. The lowest BCUT2D eigenvalue weighted by Gasteiger charge is -2.13. The van der Waals surface area contributed by atoms with Gasteiger partial charge in [-0.1, -0.05) is 30.4 Å². The van der Waals surface area contributed by atoms with Crippen LogP contribution in [0.1, 0.15) is 18.4 Å². The molecule has 2 atom stereocenters. The Morgan fingerprint density at radius 1 is 1.30 bits per heavy atom. The van der Waals surface area contributed by atoms with Crippen molar-refractivity contribution in [3.05, 3.63) is 42.0 Å². The van der Waals surface area contributed by atoms with Gasteiger partial charge in [0.25, 0.3) is 0 Å². The van der Waals surface area contributed by atoms with Gasteiger partial charge in [0.2, 0.25) is 5.91 Å². The number of nitrogens with one attached hydrogen (secondary N) is 1. The number of amides is 1.